The van der Waals surface area contributed by atoms with Gasteiger partial charge in [-0.3, -0.25) is 14.8 Å². The summed E-state index contributed by atoms with van der Waals surface area (Å²) in [7, 11) is 1.69. The molecule has 0 saturated heterocycles. The average molecular weight is 300 g/mol. The van der Waals surface area contributed by atoms with Gasteiger partial charge in [0, 0.05) is 31.1 Å². The Balaban J connectivity index is 2.27. The second-order valence-electron chi connectivity index (χ2n) is 4.32. The molecule has 0 unspecified atom stereocenters. The van der Waals surface area contributed by atoms with E-state index in [0.29, 0.717) is 11.8 Å². The highest BCUT2D eigenvalue weighted by Crippen LogP contribution is 2.37. The average Bonchev–Trinajstić information content (AvgIpc) is 2.81. The summed E-state index contributed by atoms with van der Waals surface area (Å²) in [6.45, 7) is 0.0851. The molecule has 6 nitrogen and oxygen atoms in total. The Kier molecular flexibility index (Phi) is 3.83. The van der Waals surface area contributed by atoms with Crippen molar-refractivity contribution in [2.75, 3.05) is 5.32 Å². The molecular weight excluding hydrogens is 289 g/mol. The number of hydrogen-bond donors (Lipinski definition) is 1. The summed E-state index contributed by atoms with van der Waals surface area (Å²) >= 11 is 0. The lowest BCUT2D eigenvalue weighted by Crippen LogP contribution is -2.11. The molecule has 1 aromatic carbocycles. The summed E-state index contributed by atoms with van der Waals surface area (Å²) in [6.07, 6.45) is -3.02. The maximum absolute atomic E-state index is 12.9. The minimum Gasteiger partial charge on any atom is -0.379 e. The van der Waals surface area contributed by atoms with E-state index in [4.69, 9.17) is 0 Å². The van der Waals surface area contributed by atoms with Crippen LogP contribution in [0.5, 0.6) is 0 Å². The number of nitro groups is 1. The van der Waals surface area contributed by atoms with Crippen molar-refractivity contribution in [3.63, 3.8) is 0 Å². The second kappa shape index (κ2) is 5.43. The normalized spacial score (nSPS) is 11.4. The number of aromatic nitrogens is 2. The van der Waals surface area contributed by atoms with Crippen molar-refractivity contribution in [2.45, 2.75) is 12.7 Å². The van der Waals surface area contributed by atoms with Gasteiger partial charge in [0.15, 0.2) is 0 Å². The fraction of sp³-hybridized carbons (Fsp3) is 0.250. The smallest absolute Gasteiger partial charge is 0.379 e. The van der Waals surface area contributed by atoms with Crippen LogP contribution in [0.4, 0.5) is 24.5 Å². The number of nitrogens with zero attached hydrogens (tertiary/aromatic N) is 3. The fourth-order valence-electron chi connectivity index (χ4n) is 1.78. The molecule has 0 aliphatic rings. The quantitative estimate of drug-likeness (QED) is 0.696. The molecule has 1 aromatic heterocycles. The maximum Gasteiger partial charge on any atom is 0.418 e. The summed E-state index contributed by atoms with van der Waals surface area (Å²) < 4.78 is 40.3. The van der Waals surface area contributed by atoms with Crippen molar-refractivity contribution in [3.8, 4) is 0 Å². The predicted octanol–water partition coefficient (Wildman–Crippen LogP) is 2.96. The topological polar surface area (TPSA) is 73.0 Å². The van der Waals surface area contributed by atoms with Gasteiger partial charge in [0.25, 0.3) is 5.69 Å². The van der Waals surface area contributed by atoms with E-state index in [1.165, 1.54) is 4.68 Å². The molecule has 112 valence electrons. The molecule has 1 N–H and O–H groups in total. The maximum atomic E-state index is 12.9. The van der Waals surface area contributed by atoms with Crippen molar-refractivity contribution >= 4 is 11.4 Å². The molecule has 9 heteroatoms. The van der Waals surface area contributed by atoms with Crippen LogP contribution in [0.15, 0.2) is 30.5 Å². The lowest BCUT2D eigenvalue weighted by molar-refractivity contribution is -0.385. The van der Waals surface area contributed by atoms with Crippen LogP contribution in [0, 0.1) is 10.1 Å². The first-order valence-corrected chi connectivity index (χ1v) is 5.85. The second-order valence-corrected chi connectivity index (χ2v) is 4.32. The molecule has 1 heterocycles. The molecule has 0 saturated carbocycles. The van der Waals surface area contributed by atoms with Gasteiger partial charge in [-0.2, -0.15) is 18.3 Å². The lowest BCUT2D eigenvalue weighted by atomic mass is 10.1. The summed E-state index contributed by atoms with van der Waals surface area (Å²) in [4.78, 5) is 9.72. The molecule has 0 atom stereocenters. The summed E-state index contributed by atoms with van der Waals surface area (Å²) in [5, 5.41) is 17.2. The summed E-state index contributed by atoms with van der Waals surface area (Å²) in [6, 6.07) is 4.24. The Morgan fingerprint density at radius 3 is 2.62 bits per heavy atom. The van der Waals surface area contributed by atoms with Crippen LogP contribution in [0.3, 0.4) is 0 Å². The molecule has 2 rings (SSSR count). The van der Waals surface area contributed by atoms with Gasteiger partial charge in [-0.15, -0.1) is 0 Å². The number of halogens is 3. The number of aryl methyl sites for hydroxylation is 1. The van der Waals surface area contributed by atoms with Gasteiger partial charge in [-0.05, 0) is 12.1 Å². The third kappa shape index (κ3) is 3.50. The van der Waals surface area contributed by atoms with Crippen molar-refractivity contribution in [3.05, 3.63) is 51.8 Å². The molecule has 21 heavy (non-hydrogen) atoms. The van der Waals surface area contributed by atoms with Crippen LogP contribution in [-0.2, 0) is 19.8 Å². The monoisotopic (exact) mass is 300 g/mol. The van der Waals surface area contributed by atoms with E-state index in [1.54, 1.807) is 19.3 Å². The van der Waals surface area contributed by atoms with Crippen LogP contribution in [0.25, 0.3) is 0 Å². The minimum absolute atomic E-state index is 0.0851. The van der Waals surface area contributed by atoms with Gasteiger partial charge in [-0.25, -0.2) is 0 Å². The number of nitrogens with one attached hydrogen (secondary N) is 1. The van der Waals surface area contributed by atoms with E-state index in [1.807, 2.05) is 0 Å². The van der Waals surface area contributed by atoms with E-state index in [0.717, 1.165) is 12.1 Å². The Bertz CT molecular complexity index is 667. The SMILES string of the molecule is Cn1ccc(CNc2ccc([N+](=O)[O-])cc2C(F)(F)F)n1. The summed E-state index contributed by atoms with van der Waals surface area (Å²) in [5.74, 6) is 0. The van der Waals surface area contributed by atoms with Crippen LogP contribution in [0.2, 0.25) is 0 Å². The first-order valence-electron chi connectivity index (χ1n) is 5.85. The molecular formula is C12H11F3N4O2. The summed E-state index contributed by atoms with van der Waals surface area (Å²) in [5.41, 5.74) is -1.35. The van der Waals surface area contributed by atoms with Gasteiger partial charge in [-0.1, -0.05) is 0 Å². The zero-order valence-corrected chi connectivity index (χ0v) is 10.9. The Labute approximate surface area is 117 Å². The predicted molar refractivity (Wildman–Crippen MR) is 68.6 cm³/mol. The number of nitro benzene ring substituents is 1. The molecule has 0 aliphatic carbocycles. The number of non-ortho nitro benzene ring substituents is 1. The van der Waals surface area contributed by atoms with Crippen LogP contribution < -0.4 is 5.32 Å². The van der Waals surface area contributed by atoms with Crippen molar-refractivity contribution < 1.29 is 18.1 Å². The first kappa shape index (κ1) is 14.8. The van der Waals surface area contributed by atoms with Crippen molar-refractivity contribution in [2.24, 2.45) is 7.05 Å². The third-order valence-electron chi connectivity index (χ3n) is 2.75. The third-order valence-corrected chi connectivity index (χ3v) is 2.75. The van der Waals surface area contributed by atoms with Gasteiger partial charge >= 0.3 is 6.18 Å². The van der Waals surface area contributed by atoms with Gasteiger partial charge in [0.1, 0.15) is 0 Å². The Hall–Kier alpha value is -2.58. The van der Waals surface area contributed by atoms with E-state index < -0.39 is 22.4 Å². The minimum atomic E-state index is -4.68. The van der Waals surface area contributed by atoms with E-state index in [-0.39, 0.29) is 12.2 Å². The first-order chi connectivity index (χ1) is 9.77. The highest BCUT2D eigenvalue weighted by Gasteiger charge is 2.35. The number of hydrogen-bond acceptors (Lipinski definition) is 4. The van der Waals surface area contributed by atoms with E-state index in [9.17, 15) is 23.3 Å². The zero-order valence-electron chi connectivity index (χ0n) is 10.9. The lowest BCUT2D eigenvalue weighted by Gasteiger charge is -2.13. The van der Waals surface area contributed by atoms with Gasteiger partial charge < -0.3 is 5.32 Å². The van der Waals surface area contributed by atoms with E-state index >= 15 is 0 Å². The van der Waals surface area contributed by atoms with Crippen LogP contribution in [-0.4, -0.2) is 14.7 Å². The molecule has 2 aromatic rings. The molecule has 0 radical (unpaired) electrons. The van der Waals surface area contributed by atoms with Crippen molar-refractivity contribution in [1.82, 2.24) is 9.78 Å². The fourth-order valence-corrected chi connectivity index (χ4v) is 1.78. The highest BCUT2D eigenvalue weighted by atomic mass is 19.4. The van der Waals surface area contributed by atoms with Crippen LogP contribution >= 0.6 is 0 Å². The number of anilines is 1. The number of rotatable bonds is 4. The van der Waals surface area contributed by atoms with Gasteiger partial charge in [0.2, 0.25) is 0 Å². The number of benzene rings is 1. The standard InChI is InChI=1S/C12H11F3N4O2/c1-18-5-4-8(17-18)7-16-11-3-2-9(19(20)21)6-10(11)12(13,14)15/h2-6,16H,7H2,1H3. The van der Waals surface area contributed by atoms with Crippen LogP contribution in [0.1, 0.15) is 11.3 Å². The Morgan fingerprint density at radius 1 is 1.38 bits per heavy atom. The zero-order chi connectivity index (χ0) is 15.6. The van der Waals surface area contributed by atoms with E-state index in [2.05, 4.69) is 10.4 Å². The highest BCUT2D eigenvalue weighted by molar-refractivity contribution is 5.57. The Morgan fingerprint density at radius 2 is 2.10 bits per heavy atom. The molecule has 0 spiro atoms. The molecule has 0 aliphatic heterocycles. The van der Waals surface area contributed by atoms with Crippen molar-refractivity contribution in [1.29, 1.82) is 0 Å². The molecule has 0 amide bonds. The largest absolute Gasteiger partial charge is 0.418 e. The molecule has 0 bridgehead atoms. The molecule has 0 fully saturated rings. The van der Waals surface area contributed by atoms with Gasteiger partial charge in [0.05, 0.1) is 22.7 Å². The number of alkyl halides is 3.